The molecule has 3 rings (SSSR count). The molecule has 118 valence electrons. The molecule has 2 aliphatic heterocycles. The maximum atomic E-state index is 12.6. The lowest BCUT2D eigenvalue weighted by atomic mass is 10.0. The molecule has 1 atom stereocenters. The first kappa shape index (κ1) is 14.8. The van der Waals surface area contributed by atoms with Crippen molar-refractivity contribution in [2.45, 2.75) is 25.3 Å². The number of rotatable bonds is 2. The van der Waals surface area contributed by atoms with E-state index in [0.29, 0.717) is 25.2 Å². The van der Waals surface area contributed by atoms with E-state index in [0.717, 1.165) is 31.5 Å². The largest absolute Gasteiger partial charge is 0.338 e. The Morgan fingerprint density at radius 3 is 2.91 bits per heavy atom. The first-order valence-corrected chi connectivity index (χ1v) is 7.85. The van der Waals surface area contributed by atoms with Crippen molar-refractivity contribution in [2.75, 3.05) is 31.1 Å². The lowest BCUT2D eigenvalue weighted by Gasteiger charge is -2.31. The van der Waals surface area contributed by atoms with Crippen molar-refractivity contribution >= 4 is 17.6 Å². The molecule has 1 aromatic carbocycles. The Kier molecular flexibility index (Phi) is 4.29. The maximum absolute atomic E-state index is 12.6. The molecule has 22 heavy (non-hydrogen) atoms. The van der Waals surface area contributed by atoms with Gasteiger partial charge in [0.05, 0.1) is 0 Å². The molecule has 0 saturated carbocycles. The summed E-state index contributed by atoms with van der Waals surface area (Å²) in [5.74, 6) is -0.00517. The molecule has 2 saturated heterocycles. The highest BCUT2D eigenvalue weighted by atomic mass is 16.2. The number of anilines is 1. The number of nitrogens with two attached hydrogens (primary N) is 1. The second kappa shape index (κ2) is 6.36. The number of piperidine rings is 1. The zero-order valence-corrected chi connectivity index (χ0v) is 12.6. The summed E-state index contributed by atoms with van der Waals surface area (Å²) in [6.45, 7) is 2.74. The fraction of sp³-hybridized carbons (Fsp3) is 0.500. The van der Waals surface area contributed by atoms with Gasteiger partial charge in [-0.3, -0.25) is 9.69 Å². The van der Waals surface area contributed by atoms with Crippen molar-refractivity contribution in [1.29, 1.82) is 0 Å². The average molecular weight is 302 g/mol. The standard InChI is InChI=1S/C16H22N4O2/c17-13-5-2-8-19(11-13)15(21)12-4-1-6-14(10-12)20-9-3-7-18-16(20)22/h1,4,6,10,13H,2-3,5,7-9,11,17H2,(H,18,22). The van der Waals surface area contributed by atoms with Crippen LogP contribution in [0.3, 0.4) is 0 Å². The molecule has 1 unspecified atom stereocenters. The number of hydrogen-bond donors (Lipinski definition) is 2. The van der Waals surface area contributed by atoms with Gasteiger partial charge in [-0.05, 0) is 37.5 Å². The molecular formula is C16H22N4O2. The van der Waals surface area contributed by atoms with E-state index in [9.17, 15) is 9.59 Å². The quantitative estimate of drug-likeness (QED) is 0.861. The third-order valence-corrected chi connectivity index (χ3v) is 4.23. The van der Waals surface area contributed by atoms with Gasteiger partial charge in [0.15, 0.2) is 0 Å². The molecule has 0 aliphatic carbocycles. The van der Waals surface area contributed by atoms with E-state index in [1.807, 2.05) is 17.0 Å². The highest BCUT2D eigenvalue weighted by Gasteiger charge is 2.24. The van der Waals surface area contributed by atoms with Crippen LogP contribution < -0.4 is 16.0 Å². The van der Waals surface area contributed by atoms with Crippen LogP contribution in [0.4, 0.5) is 10.5 Å². The predicted molar refractivity (Wildman–Crippen MR) is 84.9 cm³/mol. The van der Waals surface area contributed by atoms with Crippen LogP contribution in [0.15, 0.2) is 24.3 Å². The van der Waals surface area contributed by atoms with Gasteiger partial charge in [0, 0.05) is 43.5 Å². The zero-order chi connectivity index (χ0) is 15.5. The van der Waals surface area contributed by atoms with Crippen LogP contribution in [-0.4, -0.2) is 49.1 Å². The van der Waals surface area contributed by atoms with E-state index in [-0.39, 0.29) is 18.0 Å². The van der Waals surface area contributed by atoms with Gasteiger partial charge in [0.1, 0.15) is 0 Å². The van der Waals surface area contributed by atoms with Crippen LogP contribution in [0.1, 0.15) is 29.6 Å². The smallest absolute Gasteiger partial charge is 0.321 e. The molecule has 3 amide bonds. The van der Waals surface area contributed by atoms with Gasteiger partial charge < -0.3 is 16.0 Å². The number of nitrogens with one attached hydrogen (secondary N) is 1. The number of nitrogens with zero attached hydrogens (tertiary/aromatic N) is 2. The molecule has 2 fully saturated rings. The summed E-state index contributed by atoms with van der Waals surface area (Å²) in [5.41, 5.74) is 7.33. The normalized spacial score (nSPS) is 22.4. The number of hydrogen-bond acceptors (Lipinski definition) is 3. The van der Waals surface area contributed by atoms with Crippen molar-refractivity contribution in [2.24, 2.45) is 5.73 Å². The molecule has 0 spiro atoms. The zero-order valence-electron chi connectivity index (χ0n) is 12.6. The highest BCUT2D eigenvalue weighted by molar-refractivity contribution is 5.98. The Bertz CT molecular complexity index is 575. The van der Waals surface area contributed by atoms with Gasteiger partial charge in [-0.15, -0.1) is 0 Å². The minimum Gasteiger partial charge on any atom is -0.338 e. The van der Waals surface area contributed by atoms with Gasteiger partial charge in [-0.1, -0.05) is 6.07 Å². The molecule has 6 nitrogen and oxygen atoms in total. The van der Waals surface area contributed by atoms with Gasteiger partial charge in [0.2, 0.25) is 0 Å². The molecule has 2 aliphatic rings. The monoisotopic (exact) mass is 302 g/mol. The Morgan fingerprint density at radius 2 is 2.14 bits per heavy atom. The van der Waals surface area contributed by atoms with E-state index in [4.69, 9.17) is 5.73 Å². The summed E-state index contributed by atoms with van der Waals surface area (Å²) < 4.78 is 0. The fourth-order valence-corrected chi connectivity index (χ4v) is 3.06. The van der Waals surface area contributed by atoms with Crippen molar-refractivity contribution in [1.82, 2.24) is 10.2 Å². The van der Waals surface area contributed by atoms with Gasteiger partial charge in [0.25, 0.3) is 5.91 Å². The van der Waals surface area contributed by atoms with Gasteiger partial charge in [-0.25, -0.2) is 4.79 Å². The molecule has 3 N–H and O–H groups in total. The van der Waals surface area contributed by atoms with Crippen LogP contribution >= 0.6 is 0 Å². The molecule has 0 aromatic heterocycles. The highest BCUT2D eigenvalue weighted by Crippen LogP contribution is 2.20. The average Bonchev–Trinajstić information content (AvgIpc) is 2.55. The van der Waals surface area contributed by atoms with Crippen LogP contribution in [-0.2, 0) is 0 Å². The summed E-state index contributed by atoms with van der Waals surface area (Å²) in [6.07, 6.45) is 2.82. The molecular weight excluding hydrogens is 280 g/mol. The lowest BCUT2D eigenvalue weighted by molar-refractivity contribution is 0.0709. The SMILES string of the molecule is NC1CCCN(C(=O)c2cccc(N3CCCNC3=O)c2)C1. The first-order valence-electron chi connectivity index (χ1n) is 7.85. The summed E-state index contributed by atoms with van der Waals surface area (Å²) in [4.78, 5) is 28.0. The Labute approximate surface area is 130 Å². The van der Waals surface area contributed by atoms with E-state index >= 15 is 0 Å². The first-order chi connectivity index (χ1) is 10.6. The van der Waals surface area contributed by atoms with Crippen LogP contribution in [0.5, 0.6) is 0 Å². The van der Waals surface area contributed by atoms with Crippen molar-refractivity contribution in [3.05, 3.63) is 29.8 Å². The second-order valence-corrected chi connectivity index (χ2v) is 5.94. The number of amides is 3. The maximum Gasteiger partial charge on any atom is 0.321 e. The molecule has 1 aromatic rings. The van der Waals surface area contributed by atoms with Crippen molar-refractivity contribution in [3.63, 3.8) is 0 Å². The summed E-state index contributed by atoms with van der Waals surface area (Å²) in [5, 5.41) is 2.82. The van der Waals surface area contributed by atoms with Gasteiger partial charge >= 0.3 is 6.03 Å². The molecule has 0 bridgehead atoms. The summed E-state index contributed by atoms with van der Waals surface area (Å²) in [7, 11) is 0. The third kappa shape index (κ3) is 3.06. The fourth-order valence-electron chi connectivity index (χ4n) is 3.06. The van der Waals surface area contributed by atoms with Crippen LogP contribution in [0, 0.1) is 0 Å². The Morgan fingerprint density at radius 1 is 1.27 bits per heavy atom. The molecule has 6 heteroatoms. The summed E-state index contributed by atoms with van der Waals surface area (Å²) >= 11 is 0. The third-order valence-electron chi connectivity index (χ3n) is 4.23. The van der Waals surface area contributed by atoms with E-state index in [2.05, 4.69) is 5.32 Å². The topological polar surface area (TPSA) is 78.7 Å². The van der Waals surface area contributed by atoms with Crippen molar-refractivity contribution in [3.8, 4) is 0 Å². The predicted octanol–water partition coefficient (Wildman–Crippen LogP) is 1.17. The molecule has 0 radical (unpaired) electrons. The minimum absolute atomic E-state index is 0.00517. The Hall–Kier alpha value is -2.08. The number of carbonyl (C=O) groups is 2. The van der Waals surface area contributed by atoms with Crippen molar-refractivity contribution < 1.29 is 9.59 Å². The number of carbonyl (C=O) groups excluding carboxylic acids is 2. The second-order valence-electron chi connectivity index (χ2n) is 5.94. The number of likely N-dealkylation sites (tertiary alicyclic amines) is 1. The number of urea groups is 1. The minimum atomic E-state index is -0.101. The van der Waals surface area contributed by atoms with Gasteiger partial charge in [-0.2, -0.15) is 0 Å². The van der Waals surface area contributed by atoms with Crippen LogP contribution in [0.2, 0.25) is 0 Å². The van der Waals surface area contributed by atoms with E-state index < -0.39 is 0 Å². The van der Waals surface area contributed by atoms with E-state index in [1.54, 1.807) is 17.0 Å². The molecule has 2 heterocycles. The Balaban J connectivity index is 1.78. The summed E-state index contributed by atoms with van der Waals surface area (Å²) in [6, 6.07) is 7.25. The van der Waals surface area contributed by atoms with Crippen LogP contribution in [0.25, 0.3) is 0 Å². The van der Waals surface area contributed by atoms with E-state index in [1.165, 1.54) is 0 Å². The number of benzene rings is 1. The lowest BCUT2D eigenvalue weighted by Crippen LogP contribution is -2.47.